The summed E-state index contributed by atoms with van der Waals surface area (Å²) in [6, 6.07) is 6.86. The third kappa shape index (κ3) is 4.03. The number of phenolic OH excluding ortho intramolecular Hbond substituents is 3. The minimum absolute atomic E-state index is 0.0358. The molecule has 12 nitrogen and oxygen atoms in total. The van der Waals surface area contributed by atoms with Crippen molar-refractivity contribution in [3.05, 3.63) is 46.6 Å². The summed E-state index contributed by atoms with van der Waals surface area (Å²) < 4.78 is 16.0. The molecular formula is C21H18O12. The molecule has 174 valence electrons. The number of ether oxygens (including phenoxy) is 2. The van der Waals surface area contributed by atoms with Crippen molar-refractivity contribution in [3.63, 3.8) is 0 Å². The molecule has 1 aliphatic heterocycles. The van der Waals surface area contributed by atoms with E-state index in [0.717, 1.165) is 24.3 Å². The van der Waals surface area contributed by atoms with E-state index in [9.17, 15) is 40.2 Å². The van der Waals surface area contributed by atoms with E-state index in [1.807, 2.05) is 0 Å². The molecular weight excluding hydrogens is 444 g/mol. The lowest BCUT2D eigenvalue weighted by Crippen LogP contribution is -2.61. The van der Waals surface area contributed by atoms with Crippen LogP contribution < -0.4 is 10.2 Å². The Bertz CT molecular complexity index is 1280. The van der Waals surface area contributed by atoms with Gasteiger partial charge in [0.1, 0.15) is 46.5 Å². The highest BCUT2D eigenvalue weighted by molar-refractivity contribution is 5.86. The van der Waals surface area contributed by atoms with Gasteiger partial charge in [0.05, 0.1) is 0 Å². The van der Waals surface area contributed by atoms with Gasteiger partial charge in [-0.05, 0) is 18.2 Å². The van der Waals surface area contributed by atoms with E-state index in [1.165, 1.54) is 12.1 Å². The molecule has 2 aromatic carbocycles. The molecule has 0 spiro atoms. The number of aliphatic carboxylic acids is 1. The van der Waals surface area contributed by atoms with Crippen molar-refractivity contribution in [3.8, 4) is 34.3 Å². The number of fused-ring (bicyclic) bond motifs is 1. The van der Waals surface area contributed by atoms with Crippen molar-refractivity contribution in [1.29, 1.82) is 0 Å². The molecule has 4 rings (SSSR count). The molecule has 0 bridgehead atoms. The average Bonchev–Trinajstić information content (AvgIpc) is 2.74. The van der Waals surface area contributed by atoms with E-state index in [-0.39, 0.29) is 33.8 Å². The third-order valence-electron chi connectivity index (χ3n) is 5.10. The van der Waals surface area contributed by atoms with Gasteiger partial charge in [-0.15, -0.1) is 0 Å². The van der Waals surface area contributed by atoms with Gasteiger partial charge in [0, 0.05) is 23.8 Å². The number of carboxylic acids is 1. The SMILES string of the molecule is O=C(O)C1O[C@@H](Oc2cc(-c3cc(=O)c4c(O)cc(O)cc4o3)ccc2O)C(O)[C@@H](O)[C@H]1O. The number of aliphatic hydroxyl groups excluding tert-OH is 3. The van der Waals surface area contributed by atoms with Crippen LogP contribution in [0.25, 0.3) is 22.3 Å². The minimum Gasteiger partial charge on any atom is -0.508 e. The summed E-state index contributed by atoms with van der Waals surface area (Å²) in [5.74, 6) is -3.24. The number of hydrogen-bond acceptors (Lipinski definition) is 11. The molecule has 12 heteroatoms. The summed E-state index contributed by atoms with van der Waals surface area (Å²) in [5.41, 5.74) is -0.546. The van der Waals surface area contributed by atoms with E-state index in [1.54, 1.807) is 0 Å². The van der Waals surface area contributed by atoms with Crippen LogP contribution in [0.3, 0.4) is 0 Å². The third-order valence-corrected chi connectivity index (χ3v) is 5.10. The lowest BCUT2D eigenvalue weighted by Gasteiger charge is -2.38. The maximum absolute atomic E-state index is 12.4. The van der Waals surface area contributed by atoms with E-state index >= 15 is 0 Å². The highest BCUT2D eigenvalue weighted by Gasteiger charge is 2.48. The van der Waals surface area contributed by atoms with Crippen LogP contribution in [0.5, 0.6) is 23.0 Å². The maximum Gasteiger partial charge on any atom is 0.335 e. The lowest BCUT2D eigenvalue weighted by atomic mass is 9.99. The molecule has 7 N–H and O–H groups in total. The number of phenols is 3. The predicted molar refractivity (Wildman–Crippen MR) is 108 cm³/mol. The monoisotopic (exact) mass is 462 g/mol. The Morgan fingerprint density at radius 1 is 0.909 bits per heavy atom. The summed E-state index contributed by atoms with van der Waals surface area (Å²) in [5, 5.41) is 68.5. The first kappa shape index (κ1) is 22.4. The zero-order valence-electron chi connectivity index (χ0n) is 16.5. The number of hydrogen-bond donors (Lipinski definition) is 7. The van der Waals surface area contributed by atoms with E-state index < -0.39 is 53.6 Å². The molecule has 1 fully saturated rings. The highest BCUT2D eigenvalue weighted by atomic mass is 16.7. The van der Waals surface area contributed by atoms with Gasteiger partial charge in [0.25, 0.3) is 0 Å². The fourth-order valence-electron chi connectivity index (χ4n) is 3.43. The van der Waals surface area contributed by atoms with Crippen LogP contribution in [0.15, 0.2) is 45.6 Å². The number of rotatable bonds is 4. The van der Waals surface area contributed by atoms with Gasteiger partial charge in [-0.2, -0.15) is 0 Å². The molecule has 0 amide bonds. The normalized spacial score (nSPS) is 25.1. The van der Waals surface area contributed by atoms with E-state index in [2.05, 4.69) is 0 Å². The average molecular weight is 462 g/mol. The molecule has 1 saturated heterocycles. The van der Waals surface area contributed by atoms with Crippen molar-refractivity contribution in [2.45, 2.75) is 30.7 Å². The van der Waals surface area contributed by atoms with Crippen molar-refractivity contribution in [1.82, 2.24) is 0 Å². The topological polar surface area (TPSA) is 207 Å². The summed E-state index contributed by atoms with van der Waals surface area (Å²) in [6.45, 7) is 0. The lowest BCUT2D eigenvalue weighted by molar-refractivity contribution is -0.271. The summed E-state index contributed by atoms with van der Waals surface area (Å²) >= 11 is 0. The summed E-state index contributed by atoms with van der Waals surface area (Å²) in [7, 11) is 0. The van der Waals surface area contributed by atoms with Gasteiger partial charge in [-0.3, -0.25) is 4.79 Å². The van der Waals surface area contributed by atoms with Crippen molar-refractivity contribution >= 4 is 16.9 Å². The summed E-state index contributed by atoms with van der Waals surface area (Å²) in [6.07, 6.45) is -9.37. The van der Waals surface area contributed by atoms with Gasteiger partial charge in [0.2, 0.25) is 6.29 Å². The Morgan fingerprint density at radius 2 is 1.64 bits per heavy atom. The number of aromatic hydroxyl groups is 3. The quantitative estimate of drug-likeness (QED) is 0.270. The number of benzene rings is 2. The standard InChI is InChI=1S/C21H18O12/c22-8-4-10(24)15-11(25)6-12(31-14(15)5-8)7-1-2-9(23)13(3-7)32-21-18(28)16(26)17(27)19(33-21)20(29)30/h1-6,16-19,21-24,26-28H,(H,29,30)/t16-,17+,18?,19?,21+/m0/s1. The maximum atomic E-state index is 12.4. The smallest absolute Gasteiger partial charge is 0.335 e. The van der Waals surface area contributed by atoms with Gasteiger partial charge in [0.15, 0.2) is 23.0 Å². The van der Waals surface area contributed by atoms with Crippen molar-refractivity contribution in [2.75, 3.05) is 0 Å². The van der Waals surface area contributed by atoms with Crippen LogP contribution in [0.2, 0.25) is 0 Å². The number of carbonyl (C=O) groups is 1. The van der Waals surface area contributed by atoms with Crippen molar-refractivity contribution < 1.29 is 54.4 Å². The zero-order valence-corrected chi connectivity index (χ0v) is 16.5. The first-order valence-corrected chi connectivity index (χ1v) is 9.49. The Morgan fingerprint density at radius 3 is 2.33 bits per heavy atom. The molecule has 0 saturated carbocycles. The number of carboxylic acid groups (broad SMARTS) is 1. The fraction of sp³-hybridized carbons (Fsp3) is 0.238. The number of aliphatic hydroxyl groups is 3. The van der Waals surface area contributed by atoms with Crippen LogP contribution in [-0.4, -0.2) is 72.4 Å². The zero-order chi connectivity index (χ0) is 24.0. The van der Waals surface area contributed by atoms with Gasteiger partial charge < -0.3 is 49.6 Å². The Hall–Kier alpha value is -3.84. The van der Waals surface area contributed by atoms with Crippen LogP contribution in [-0.2, 0) is 9.53 Å². The van der Waals surface area contributed by atoms with Crippen LogP contribution >= 0.6 is 0 Å². The van der Waals surface area contributed by atoms with Gasteiger partial charge >= 0.3 is 5.97 Å². The second-order valence-electron chi connectivity index (χ2n) is 7.35. The second kappa shape index (κ2) is 8.26. The minimum atomic E-state index is -1.92. The van der Waals surface area contributed by atoms with Crippen molar-refractivity contribution in [2.24, 2.45) is 0 Å². The summed E-state index contributed by atoms with van der Waals surface area (Å²) in [4.78, 5) is 23.7. The van der Waals surface area contributed by atoms with Crippen LogP contribution in [0.4, 0.5) is 0 Å². The molecule has 1 aromatic heterocycles. The second-order valence-corrected chi connectivity index (χ2v) is 7.35. The predicted octanol–water partition coefficient (Wildman–Crippen LogP) is -0.152. The van der Waals surface area contributed by atoms with Crippen LogP contribution in [0.1, 0.15) is 0 Å². The Balaban J connectivity index is 1.70. The first-order chi connectivity index (χ1) is 15.6. The van der Waals surface area contributed by atoms with Crippen LogP contribution in [0, 0.1) is 0 Å². The van der Waals surface area contributed by atoms with E-state index in [0.29, 0.717) is 0 Å². The van der Waals surface area contributed by atoms with E-state index in [4.69, 9.17) is 19.0 Å². The molecule has 2 unspecified atom stereocenters. The molecule has 2 heterocycles. The molecule has 5 atom stereocenters. The highest BCUT2D eigenvalue weighted by Crippen LogP contribution is 2.36. The van der Waals surface area contributed by atoms with Gasteiger partial charge in [-0.25, -0.2) is 4.79 Å². The molecule has 3 aromatic rings. The van der Waals surface area contributed by atoms with Gasteiger partial charge in [-0.1, -0.05) is 0 Å². The molecule has 0 aliphatic carbocycles. The fourth-order valence-corrected chi connectivity index (χ4v) is 3.43. The first-order valence-electron chi connectivity index (χ1n) is 9.49. The Labute approximate surface area is 183 Å². The Kier molecular flexibility index (Phi) is 5.59. The largest absolute Gasteiger partial charge is 0.508 e. The molecule has 33 heavy (non-hydrogen) atoms. The molecule has 0 radical (unpaired) electrons. The molecule has 1 aliphatic rings.